The molecule has 2 aliphatic rings. The summed E-state index contributed by atoms with van der Waals surface area (Å²) < 4.78 is 94.9. The van der Waals surface area contributed by atoms with Crippen molar-refractivity contribution in [1.82, 2.24) is 0 Å². The van der Waals surface area contributed by atoms with E-state index in [2.05, 4.69) is 9.98 Å². The van der Waals surface area contributed by atoms with Gasteiger partial charge in [0.05, 0.1) is 5.69 Å². The van der Waals surface area contributed by atoms with Crippen molar-refractivity contribution in [1.29, 1.82) is 0 Å². The third-order valence-electron chi connectivity index (χ3n) is 4.13. The molecule has 0 spiro atoms. The van der Waals surface area contributed by atoms with Crippen molar-refractivity contribution in [3.63, 3.8) is 0 Å². The second kappa shape index (κ2) is 5.97. The summed E-state index contributed by atoms with van der Waals surface area (Å²) in [6.45, 7) is 0. The van der Waals surface area contributed by atoms with Gasteiger partial charge in [-0.05, 0) is 48.2 Å². The minimum atomic E-state index is -5.83. The van der Waals surface area contributed by atoms with Gasteiger partial charge in [0.2, 0.25) is 0 Å². The monoisotopic (exact) mass is 419 g/mol. The first kappa shape index (κ1) is 18.8. The van der Waals surface area contributed by atoms with Crippen LogP contribution in [0.4, 0.5) is 36.4 Å². The molecule has 2 aliphatic heterocycles. The molecule has 0 atom stereocenters. The van der Waals surface area contributed by atoms with Crippen molar-refractivity contribution >= 4 is 28.5 Å². The smallest absolute Gasteiger partial charge is 0.272 e. The third-order valence-corrected chi connectivity index (χ3v) is 5.15. The molecule has 2 aromatic rings. The highest BCUT2D eigenvalue weighted by molar-refractivity contribution is 8.15. The number of alkyl halides is 6. The molecule has 146 valence electrons. The second-order valence-corrected chi connectivity index (χ2v) is 6.92. The molecule has 0 aliphatic carbocycles. The highest BCUT2D eigenvalue weighted by Gasteiger charge is 2.74. The van der Waals surface area contributed by atoms with E-state index < -0.39 is 34.8 Å². The molecule has 0 fully saturated rings. The van der Waals surface area contributed by atoms with Crippen molar-refractivity contribution in [3.05, 3.63) is 59.9 Å². The largest absolute Gasteiger partial charge is 0.443 e. The Labute approximate surface area is 157 Å². The molecule has 0 bridgehead atoms. The van der Waals surface area contributed by atoms with Crippen LogP contribution in [0.25, 0.3) is 0 Å². The summed E-state index contributed by atoms with van der Waals surface area (Å²) in [6.07, 6.45) is -11.7. The van der Waals surface area contributed by atoms with E-state index in [4.69, 9.17) is 0 Å². The Kier molecular flexibility index (Phi) is 4.00. The van der Waals surface area contributed by atoms with Gasteiger partial charge in [-0.3, -0.25) is 4.90 Å². The minimum Gasteiger partial charge on any atom is -0.272 e. The van der Waals surface area contributed by atoms with Crippen LogP contribution in [-0.2, 0) is 0 Å². The van der Waals surface area contributed by atoms with E-state index in [-0.39, 0.29) is 5.56 Å². The number of hydrogen-bond donors (Lipinski definition) is 0. The number of fused-ring (bicyclic) bond motifs is 3. The first-order valence-corrected chi connectivity index (χ1v) is 8.51. The zero-order valence-corrected chi connectivity index (χ0v) is 14.3. The molecule has 0 unspecified atom stereocenters. The lowest BCUT2D eigenvalue weighted by Gasteiger charge is -2.37. The number of aliphatic imine (C=N–C) groups is 2. The summed E-state index contributed by atoms with van der Waals surface area (Å²) in [5.74, 6) is -1.31. The van der Waals surface area contributed by atoms with Gasteiger partial charge < -0.3 is 0 Å². The highest BCUT2D eigenvalue weighted by Crippen LogP contribution is 2.52. The Hall–Kier alpha value is -2.56. The molecule has 2 heterocycles. The third kappa shape index (κ3) is 2.67. The lowest BCUT2D eigenvalue weighted by molar-refractivity contribution is -0.292. The van der Waals surface area contributed by atoms with Crippen molar-refractivity contribution in [2.75, 3.05) is 4.90 Å². The first-order chi connectivity index (χ1) is 13.0. The van der Waals surface area contributed by atoms with Crippen molar-refractivity contribution in [2.24, 2.45) is 9.98 Å². The standard InChI is InChI=1S/C17H8F7N3S/c18-10-7-5-9(6-8-10)13-25-15(16(19,20)21,17(22,23)24)26-14-27(13)11-3-1-2-4-12(11)28-14/h1-8H. The van der Waals surface area contributed by atoms with Crippen LogP contribution in [0.15, 0.2) is 63.4 Å². The van der Waals surface area contributed by atoms with Crippen molar-refractivity contribution < 1.29 is 30.7 Å². The lowest BCUT2D eigenvalue weighted by Crippen LogP contribution is -2.58. The van der Waals surface area contributed by atoms with E-state index >= 15 is 0 Å². The molecule has 3 nitrogen and oxygen atoms in total. The number of anilines is 1. The van der Waals surface area contributed by atoms with Crippen molar-refractivity contribution in [3.8, 4) is 0 Å². The minimum absolute atomic E-state index is 0.107. The Morgan fingerprint density at radius 3 is 2.04 bits per heavy atom. The normalized spacial score (nSPS) is 18.3. The van der Waals surface area contributed by atoms with Gasteiger partial charge in [-0.25, -0.2) is 14.4 Å². The second-order valence-electron chi connectivity index (χ2n) is 5.91. The van der Waals surface area contributed by atoms with Crippen LogP contribution >= 0.6 is 11.8 Å². The van der Waals surface area contributed by atoms with E-state index in [1.54, 1.807) is 18.2 Å². The maximum Gasteiger partial charge on any atom is 0.443 e. The molecule has 0 saturated carbocycles. The summed E-state index contributed by atoms with van der Waals surface area (Å²) >= 11 is 0.677. The maximum atomic E-state index is 13.6. The fraction of sp³-hybridized carbons (Fsp3) is 0.176. The number of rotatable bonds is 1. The number of hydrogen-bond acceptors (Lipinski definition) is 4. The van der Waals surface area contributed by atoms with Gasteiger partial charge in [-0.1, -0.05) is 12.1 Å². The number of nitrogens with zero attached hydrogens (tertiary/aromatic N) is 3. The predicted octanol–water partition coefficient (Wildman–Crippen LogP) is 5.38. The van der Waals surface area contributed by atoms with Gasteiger partial charge in [-0.2, -0.15) is 26.3 Å². The number of halogens is 7. The molecule has 0 aromatic heterocycles. The highest BCUT2D eigenvalue weighted by atomic mass is 32.2. The number of benzene rings is 2. The number of para-hydroxylation sites is 1. The zero-order chi connectivity index (χ0) is 20.3. The Bertz CT molecular complexity index is 979. The number of thioether (sulfide) groups is 1. The van der Waals surface area contributed by atoms with Gasteiger partial charge in [-0.15, -0.1) is 0 Å². The lowest BCUT2D eigenvalue weighted by atomic mass is 10.1. The van der Waals surface area contributed by atoms with Gasteiger partial charge in [0.1, 0.15) is 11.7 Å². The molecule has 28 heavy (non-hydrogen) atoms. The SMILES string of the molecule is Fc1ccc(C2=NC(C(F)(F)F)(C(F)(F)F)N=C3Sc4ccccc4N32)cc1. The van der Waals surface area contributed by atoms with Gasteiger partial charge >= 0.3 is 18.0 Å². The van der Waals surface area contributed by atoms with Crippen LogP contribution in [0, 0.1) is 5.82 Å². The summed E-state index contributed by atoms with van der Waals surface area (Å²) in [7, 11) is 0. The van der Waals surface area contributed by atoms with E-state index in [0.717, 1.165) is 29.2 Å². The Morgan fingerprint density at radius 1 is 0.821 bits per heavy atom. The molecule has 0 saturated heterocycles. The first-order valence-electron chi connectivity index (χ1n) is 7.70. The van der Waals surface area contributed by atoms with Crippen LogP contribution < -0.4 is 4.90 Å². The van der Waals surface area contributed by atoms with Crippen LogP contribution in [0.2, 0.25) is 0 Å². The molecular weight excluding hydrogens is 411 g/mol. The summed E-state index contributed by atoms with van der Waals surface area (Å²) in [6, 6.07) is 10.3. The van der Waals surface area contributed by atoms with Gasteiger partial charge in [0, 0.05) is 10.5 Å². The average molecular weight is 419 g/mol. The van der Waals surface area contributed by atoms with E-state index in [1.165, 1.54) is 6.07 Å². The Morgan fingerprint density at radius 2 is 1.43 bits per heavy atom. The summed E-state index contributed by atoms with van der Waals surface area (Å²) in [5, 5.41) is -0.509. The zero-order valence-electron chi connectivity index (χ0n) is 13.5. The summed E-state index contributed by atoms with van der Waals surface area (Å²) in [4.78, 5) is 7.63. The molecule has 0 radical (unpaired) electrons. The van der Waals surface area contributed by atoms with E-state index in [0.29, 0.717) is 22.3 Å². The molecule has 2 aromatic carbocycles. The predicted molar refractivity (Wildman–Crippen MR) is 90.0 cm³/mol. The molecule has 0 amide bonds. The molecule has 0 N–H and O–H groups in total. The van der Waals surface area contributed by atoms with Crippen LogP contribution in [-0.4, -0.2) is 29.0 Å². The van der Waals surface area contributed by atoms with Crippen LogP contribution in [0.5, 0.6) is 0 Å². The van der Waals surface area contributed by atoms with Crippen LogP contribution in [0.1, 0.15) is 5.56 Å². The van der Waals surface area contributed by atoms with Crippen molar-refractivity contribution in [2.45, 2.75) is 22.9 Å². The number of amidine groups is 2. The van der Waals surface area contributed by atoms with E-state index in [9.17, 15) is 30.7 Å². The maximum absolute atomic E-state index is 13.6. The topological polar surface area (TPSA) is 28.0 Å². The van der Waals surface area contributed by atoms with Crippen LogP contribution in [0.3, 0.4) is 0 Å². The fourth-order valence-electron chi connectivity index (χ4n) is 2.83. The Balaban J connectivity index is 2.01. The molecular formula is C17H8F7N3S. The van der Waals surface area contributed by atoms with Gasteiger partial charge in [0.25, 0.3) is 0 Å². The molecule has 11 heteroatoms. The average Bonchev–Trinajstić information content (AvgIpc) is 2.98. The fourth-order valence-corrected chi connectivity index (χ4v) is 3.89. The molecule has 4 rings (SSSR count). The quantitative estimate of drug-likeness (QED) is 0.581. The van der Waals surface area contributed by atoms with Gasteiger partial charge in [0.15, 0.2) is 5.17 Å². The van der Waals surface area contributed by atoms with E-state index in [1.807, 2.05) is 0 Å². The summed E-state index contributed by atoms with van der Waals surface area (Å²) in [5.41, 5.74) is -4.42.